The van der Waals surface area contributed by atoms with Gasteiger partial charge in [-0.05, 0) is 26.2 Å². The molecule has 0 aromatic carbocycles. The second kappa shape index (κ2) is 6.79. The van der Waals surface area contributed by atoms with Crippen LogP contribution >= 0.6 is 11.3 Å². The van der Waals surface area contributed by atoms with Gasteiger partial charge in [-0.2, -0.15) is 0 Å². The van der Waals surface area contributed by atoms with Crippen LogP contribution in [-0.2, 0) is 9.84 Å². The largest absolute Gasteiger partial charge is 0.335 e. The summed E-state index contributed by atoms with van der Waals surface area (Å²) in [7, 11) is -3.03. The van der Waals surface area contributed by atoms with Gasteiger partial charge < -0.3 is 9.80 Å². The van der Waals surface area contributed by atoms with Gasteiger partial charge >= 0.3 is 0 Å². The van der Waals surface area contributed by atoms with Crippen molar-refractivity contribution in [2.75, 3.05) is 31.1 Å². The summed E-state index contributed by atoms with van der Waals surface area (Å²) in [6.45, 7) is 3.13. The number of hydrogen-bond donors (Lipinski definition) is 0. The number of piperidine rings is 1. The molecule has 24 heavy (non-hydrogen) atoms. The van der Waals surface area contributed by atoms with Crippen molar-refractivity contribution in [3.8, 4) is 0 Å². The predicted molar refractivity (Wildman–Crippen MR) is 91.0 cm³/mol. The number of nitrogens with zero attached hydrogens (tertiary/aromatic N) is 3. The Labute approximate surface area is 145 Å². The maximum absolute atomic E-state index is 12.6. The molecule has 0 saturated carbocycles. The summed E-state index contributed by atoms with van der Waals surface area (Å²) in [6, 6.07) is 0.194. The van der Waals surface area contributed by atoms with E-state index in [4.69, 9.17) is 0 Å². The first-order valence-electron chi connectivity index (χ1n) is 8.13. The number of aromatic nitrogens is 1. The highest BCUT2D eigenvalue weighted by molar-refractivity contribution is 7.91. The Balaban J connectivity index is 1.69. The van der Waals surface area contributed by atoms with E-state index in [1.165, 1.54) is 4.90 Å². The van der Waals surface area contributed by atoms with E-state index in [-0.39, 0.29) is 47.5 Å². The second-order valence-corrected chi connectivity index (χ2v) is 9.49. The number of amides is 2. The van der Waals surface area contributed by atoms with Gasteiger partial charge in [-0.1, -0.05) is 0 Å². The fourth-order valence-corrected chi connectivity index (χ4v) is 5.03. The lowest BCUT2D eigenvalue weighted by Crippen LogP contribution is -2.44. The van der Waals surface area contributed by atoms with Crippen LogP contribution in [0.5, 0.6) is 0 Å². The molecule has 2 aliphatic rings. The molecule has 0 N–H and O–H groups in total. The molecule has 3 heterocycles. The zero-order valence-electron chi connectivity index (χ0n) is 13.6. The van der Waals surface area contributed by atoms with Crippen LogP contribution < -0.4 is 0 Å². The van der Waals surface area contributed by atoms with Crippen LogP contribution in [-0.4, -0.2) is 72.2 Å². The summed E-state index contributed by atoms with van der Waals surface area (Å²) >= 11 is 1.15. The van der Waals surface area contributed by atoms with Gasteiger partial charge in [0.2, 0.25) is 0 Å². The van der Waals surface area contributed by atoms with Gasteiger partial charge in [-0.15, -0.1) is 11.3 Å². The molecule has 0 bridgehead atoms. The number of thiazole rings is 1. The van der Waals surface area contributed by atoms with E-state index in [2.05, 4.69) is 4.98 Å². The highest BCUT2D eigenvalue weighted by Crippen LogP contribution is 2.21. The lowest BCUT2D eigenvalue weighted by atomic mass is 10.0. The van der Waals surface area contributed by atoms with Crippen molar-refractivity contribution in [3.63, 3.8) is 0 Å². The van der Waals surface area contributed by atoms with E-state index >= 15 is 0 Å². The molecule has 9 heteroatoms. The molecule has 132 valence electrons. The monoisotopic (exact) mass is 371 g/mol. The first-order valence-corrected chi connectivity index (χ1v) is 10.8. The molecule has 1 atom stereocenters. The summed E-state index contributed by atoms with van der Waals surface area (Å²) in [5.74, 6) is -0.443. The number of carbonyl (C=O) groups is 2. The molecule has 2 fully saturated rings. The first-order chi connectivity index (χ1) is 11.4. The molecular formula is C15H21N3O4S2. The van der Waals surface area contributed by atoms with Crippen LogP contribution in [0.4, 0.5) is 0 Å². The first kappa shape index (κ1) is 17.3. The molecule has 0 aliphatic carbocycles. The summed E-state index contributed by atoms with van der Waals surface area (Å²) in [6.07, 6.45) is 3.11. The smallest absolute Gasteiger partial charge is 0.282 e. The van der Waals surface area contributed by atoms with Gasteiger partial charge in [0.05, 0.1) is 11.5 Å². The van der Waals surface area contributed by atoms with E-state index < -0.39 is 9.84 Å². The van der Waals surface area contributed by atoms with E-state index in [0.717, 1.165) is 37.1 Å². The molecule has 0 unspecified atom stereocenters. The van der Waals surface area contributed by atoms with Crippen LogP contribution in [0.15, 0.2) is 5.38 Å². The van der Waals surface area contributed by atoms with E-state index in [9.17, 15) is 18.0 Å². The van der Waals surface area contributed by atoms with Crippen molar-refractivity contribution in [1.82, 2.24) is 14.8 Å². The highest BCUT2D eigenvalue weighted by atomic mass is 32.2. The van der Waals surface area contributed by atoms with Crippen LogP contribution in [0.2, 0.25) is 0 Å². The van der Waals surface area contributed by atoms with Crippen molar-refractivity contribution < 1.29 is 18.0 Å². The molecule has 1 aromatic rings. The minimum absolute atomic E-state index is 0.0127. The van der Waals surface area contributed by atoms with Crippen LogP contribution in [0.3, 0.4) is 0 Å². The Bertz CT molecular complexity index is 730. The topological polar surface area (TPSA) is 87.7 Å². The molecule has 2 aliphatic heterocycles. The summed E-state index contributed by atoms with van der Waals surface area (Å²) < 4.78 is 22.9. The molecule has 1 aromatic heterocycles. The summed E-state index contributed by atoms with van der Waals surface area (Å²) in [5.41, 5.74) is 0.307. The quantitative estimate of drug-likeness (QED) is 0.775. The SMILES string of the molecule is C[C@H]1CCCCN1C(=O)c1csc(C(=O)N2CCS(=O)(=O)CC2)n1. The fraction of sp³-hybridized carbons (Fsp3) is 0.667. The number of carbonyl (C=O) groups excluding carboxylic acids is 2. The van der Waals surface area contributed by atoms with Gasteiger partial charge in [0, 0.05) is 31.1 Å². The fourth-order valence-electron chi connectivity index (χ4n) is 3.07. The average molecular weight is 371 g/mol. The van der Waals surface area contributed by atoms with Gasteiger partial charge in [-0.3, -0.25) is 9.59 Å². The highest BCUT2D eigenvalue weighted by Gasteiger charge is 2.30. The third-order valence-electron chi connectivity index (χ3n) is 4.60. The Morgan fingerprint density at radius 2 is 1.88 bits per heavy atom. The lowest BCUT2D eigenvalue weighted by Gasteiger charge is -2.32. The molecular weight excluding hydrogens is 350 g/mol. The third-order valence-corrected chi connectivity index (χ3v) is 7.04. The van der Waals surface area contributed by atoms with Gasteiger partial charge in [-0.25, -0.2) is 13.4 Å². The van der Waals surface area contributed by atoms with Gasteiger partial charge in [0.15, 0.2) is 14.8 Å². The molecule has 2 amide bonds. The molecule has 0 radical (unpaired) electrons. The zero-order chi connectivity index (χ0) is 17.3. The molecule has 3 rings (SSSR count). The maximum Gasteiger partial charge on any atom is 0.282 e. The van der Waals surface area contributed by atoms with Crippen LogP contribution in [0.25, 0.3) is 0 Å². The predicted octanol–water partition coefficient (Wildman–Crippen LogP) is 1.03. The van der Waals surface area contributed by atoms with Crippen molar-refractivity contribution in [1.29, 1.82) is 0 Å². The second-order valence-electron chi connectivity index (χ2n) is 6.33. The maximum atomic E-state index is 12.6. The van der Waals surface area contributed by atoms with E-state index in [1.54, 1.807) is 5.38 Å². The summed E-state index contributed by atoms with van der Waals surface area (Å²) in [4.78, 5) is 32.6. The number of rotatable bonds is 2. The van der Waals surface area contributed by atoms with Crippen molar-refractivity contribution in [2.24, 2.45) is 0 Å². The van der Waals surface area contributed by atoms with Crippen molar-refractivity contribution in [3.05, 3.63) is 16.1 Å². The van der Waals surface area contributed by atoms with Crippen molar-refractivity contribution in [2.45, 2.75) is 32.2 Å². The third kappa shape index (κ3) is 3.61. The number of likely N-dealkylation sites (tertiary alicyclic amines) is 1. The molecule has 2 saturated heterocycles. The number of hydrogen-bond acceptors (Lipinski definition) is 6. The Morgan fingerprint density at radius 1 is 1.17 bits per heavy atom. The zero-order valence-corrected chi connectivity index (χ0v) is 15.2. The minimum Gasteiger partial charge on any atom is -0.335 e. The average Bonchev–Trinajstić information content (AvgIpc) is 3.04. The standard InChI is InChI=1S/C15H21N3O4S2/c1-11-4-2-3-5-18(11)14(19)12-10-23-13(16-12)15(20)17-6-8-24(21,22)9-7-17/h10-11H,2-9H2,1H3/t11-/m0/s1. The molecule has 7 nitrogen and oxygen atoms in total. The normalized spacial score (nSPS) is 24.0. The van der Waals surface area contributed by atoms with Crippen molar-refractivity contribution >= 4 is 33.0 Å². The lowest BCUT2D eigenvalue weighted by molar-refractivity contribution is 0.0630. The summed E-state index contributed by atoms with van der Waals surface area (Å²) in [5, 5.41) is 1.87. The van der Waals surface area contributed by atoms with Gasteiger partial charge in [0.25, 0.3) is 11.8 Å². The minimum atomic E-state index is -3.03. The Kier molecular flexibility index (Phi) is 4.91. The van der Waals surface area contributed by atoms with E-state index in [0.29, 0.717) is 5.69 Å². The van der Waals surface area contributed by atoms with E-state index in [1.807, 2.05) is 11.8 Å². The Hall–Kier alpha value is -1.48. The molecule has 0 spiro atoms. The van der Waals surface area contributed by atoms with Crippen LogP contribution in [0.1, 0.15) is 46.5 Å². The Morgan fingerprint density at radius 3 is 2.54 bits per heavy atom. The van der Waals surface area contributed by atoms with Gasteiger partial charge in [0.1, 0.15) is 5.69 Å². The number of sulfone groups is 1. The van der Waals surface area contributed by atoms with Crippen LogP contribution in [0, 0.1) is 0 Å².